The second kappa shape index (κ2) is 10.6. The van der Waals surface area contributed by atoms with Crippen LogP contribution in [0, 0.1) is 0 Å². The summed E-state index contributed by atoms with van der Waals surface area (Å²) in [6, 6.07) is 5.57. The first kappa shape index (κ1) is 27.3. The van der Waals surface area contributed by atoms with E-state index in [9.17, 15) is 18.0 Å². The normalized spacial score (nSPS) is 19.0. The molecular formula is C25H30N2O10S. The van der Waals surface area contributed by atoms with E-state index in [4.69, 9.17) is 27.9 Å². The summed E-state index contributed by atoms with van der Waals surface area (Å²) >= 11 is 0. The fraction of sp³-hybridized carbons (Fsp3) is 0.440. The number of methoxy groups -OCH3 is 5. The Labute approximate surface area is 221 Å². The Morgan fingerprint density at radius 2 is 1.42 bits per heavy atom. The molecule has 13 heteroatoms. The van der Waals surface area contributed by atoms with Gasteiger partial charge in [0.25, 0.3) is 16.0 Å². The van der Waals surface area contributed by atoms with E-state index >= 15 is 0 Å². The number of fused-ring (bicyclic) bond motifs is 2. The molecule has 0 saturated carbocycles. The predicted octanol–water partition coefficient (Wildman–Crippen LogP) is 1.84. The van der Waals surface area contributed by atoms with Crippen molar-refractivity contribution in [1.82, 2.24) is 4.90 Å². The Morgan fingerprint density at radius 1 is 0.842 bits per heavy atom. The summed E-state index contributed by atoms with van der Waals surface area (Å²) in [6.45, 7) is -0.0264. The number of ether oxygens (including phenoxy) is 5. The molecule has 2 atom stereocenters. The van der Waals surface area contributed by atoms with Gasteiger partial charge in [0, 0.05) is 19.0 Å². The highest BCUT2D eigenvalue weighted by Gasteiger charge is 2.47. The molecule has 0 spiro atoms. The predicted molar refractivity (Wildman–Crippen MR) is 136 cm³/mol. The fourth-order valence-corrected chi connectivity index (χ4v) is 5.50. The third kappa shape index (κ3) is 5.03. The topological polar surface area (TPSA) is 130 Å². The van der Waals surface area contributed by atoms with Gasteiger partial charge in [-0.3, -0.25) is 13.8 Å². The van der Waals surface area contributed by atoms with Crippen LogP contribution in [0.3, 0.4) is 0 Å². The first-order valence-electron chi connectivity index (χ1n) is 11.6. The van der Waals surface area contributed by atoms with E-state index in [0.29, 0.717) is 40.0 Å². The first-order chi connectivity index (χ1) is 18.0. The van der Waals surface area contributed by atoms with Crippen molar-refractivity contribution in [2.45, 2.75) is 25.1 Å². The van der Waals surface area contributed by atoms with Gasteiger partial charge in [-0.15, -0.1) is 0 Å². The summed E-state index contributed by atoms with van der Waals surface area (Å²) < 4.78 is 55.9. The number of rotatable bonds is 9. The highest BCUT2D eigenvalue weighted by atomic mass is 32.2. The third-order valence-corrected chi connectivity index (χ3v) is 7.10. The number of carbonyl (C=O) groups is 2. The molecule has 0 radical (unpaired) electrons. The lowest BCUT2D eigenvalue weighted by Gasteiger charge is -2.27. The Morgan fingerprint density at radius 3 is 1.95 bits per heavy atom. The number of anilines is 1. The van der Waals surface area contributed by atoms with Gasteiger partial charge in [-0.25, -0.2) is 0 Å². The molecule has 2 aromatic rings. The monoisotopic (exact) mass is 550 g/mol. The van der Waals surface area contributed by atoms with Gasteiger partial charge < -0.3 is 33.5 Å². The molecule has 0 aromatic heterocycles. The number of amides is 2. The van der Waals surface area contributed by atoms with Gasteiger partial charge in [0.05, 0.1) is 65.7 Å². The van der Waals surface area contributed by atoms with Crippen molar-refractivity contribution in [2.75, 3.05) is 53.2 Å². The molecule has 12 nitrogen and oxygen atoms in total. The van der Waals surface area contributed by atoms with Crippen molar-refractivity contribution >= 4 is 27.6 Å². The van der Waals surface area contributed by atoms with Crippen LogP contribution in [-0.4, -0.2) is 85.6 Å². The molecule has 2 aliphatic rings. The smallest absolute Gasteiger partial charge is 0.264 e. The second-order valence-electron chi connectivity index (χ2n) is 8.81. The largest absolute Gasteiger partial charge is 0.493 e. The van der Waals surface area contributed by atoms with Crippen LogP contribution >= 0.6 is 0 Å². The van der Waals surface area contributed by atoms with E-state index < -0.39 is 34.1 Å². The SMILES string of the molecule is COc1cc2c(cc1OC)N(Cc1cc(OC)c(OC)c(OC)c1)C(=O)[C@@H]1C[C@@H](OS(C)(=O)=O)CN1C2=O. The average molecular weight is 551 g/mol. The molecule has 4 rings (SSSR count). The maximum absolute atomic E-state index is 14.0. The average Bonchev–Trinajstić information content (AvgIpc) is 3.28. The number of nitrogens with zero attached hydrogens (tertiary/aromatic N) is 2. The fourth-order valence-electron chi connectivity index (χ4n) is 4.86. The second-order valence-corrected chi connectivity index (χ2v) is 10.4. The third-order valence-electron chi connectivity index (χ3n) is 6.47. The van der Waals surface area contributed by atoms with Crippen LogP contribution in [0.25, 0.3) is 0 Å². The van der Waals surface area contributed by atoms with E-state index in [1.807, 2.05) is 0 Å². The molecule has 38 heavy (non-hydrogen) atoms. The van der Waals surface area contributed by atoms with Crippen LogP contribution in [0.4, 0.5) is 5.69 Å². The van der Waals surface area contributed by atoms with Gasteiger partial charge in [-0.05, 0) is 23.8 Å². The molecule has 1 saturated heterocycles. The summed E-state index contributed by atoms with van der Waals surface area (Å²) in [4.78, 5) is 30.5. The maximum Gasteiger partial charge on any atom is 0.264 e. The molecule has 0 unspecified atom stereocenters. The Kier molecular flexibility index (Phi) is 7.61. The summed E-state index contributed by atoms with van der Waals surface area (Å²) in [6.07, 6.45) is 0.0993. The Hall–Kier alpha value is -3.71. The standard InChI is InChI=1S/C25H30N2O10S/c1-32-19-10-16-17(11-20(19)33-2)26(12-14-7-21(34-3)23(36-5)22(8-14)35-4)25(29)18-9-15(37-38(6,30)31)13-27(18)24(16)28/h7-8,10-11,15,18H,9,12-13H2,1-6H3/t15-,18+/m1/s1. The van der Waals surface area contributed by atoms with Gasteiger partial charge in [-0.1, -0.05) is 0 Å². The molecule has 2 aliphatic heterocycles. The maximum atomic E-state index is 14.0. The molecule has 0 aliphatic carbocycles. The highest BCUT2D eigenvalue weighted by Crippen LogP contribution is 2.42. The van der Waals surface area contributed by atoms with E-state index in [-0.39, 0.29) is 25.1 Å². The van der Waals surface area contributed by atoms with Crippen LogP contribution in [0.5, 0.6) is 28.7 Å². The summed E-state index contributed by atoms with van der Waals surface area (Å²) in [5.41, 5.74) is 1.16. The molecule has 2 heterocycles. The summed E-state index contributed by atoms with van der Waals surface area (Å²) in [7, 11) is 3.57. The van der Waals surface area contributed by atoms with Crippen molar-refractivity contribution in [2.24, 2.45) is 0 Å². The molecule has 2 aromatic carbocycles. The minimum absolute atomic E-state index is 0.0195. The van der Waals surface area contributed by atoms with Crippen LogP contribution in [-0.2, 0) is 25.6 Å². The van der Waals surface area contributed by atoms with Gasteiger partial charge in [0.15, 0.2) is 23.0 Å². The number of benzene rings is 2. The molecule has 1 fully saturated rings. The molecule has 0 N–H and O–H groups in total. The lowest BCUT2D eigenvalue weighted by atomic mass is 10.1. The van der Waals surface area contributed by atoms with Crippen LogP contribution in [0.15, 0.2) is 24.3 Å². The number of hydrogen-bond acceptors (Lipinski definition) is 10. The van der Waals surface area contributed by atoms with Crippen molar-refractivity contribution in [3.63, 3.8) is 0 Å². The van der Waals surface area contributed by atoms with E-state index in [1.54, 1.807) is 18.2 Å². The zero-order chi connectivity index (χ0) is 27.8. The Balaban J connectivity index is 1.85. The highest BCUT2D eigenvalue weighted by molar-refractivity contribution is 7.86. The van der Waals surface area contributed by atoms with Crippen LogP contribution in [0.2, 0.25) is 0 Å². The van der Waals surface area contributed by atoms with Crippen molar-refractivity contribution in [3.05, 3.63) is 35.4 Å². The van der Waals surface area contributed by atoms with E-state index in [0.717, 1.165) is 6.26 Å². The van der Waals surface area contributed by atoms with E-state index in [2.05, 4.69) is 0 Å². The Bertz CT molecular complexity index is 1340. The quantitative estimate of drug-likeness (QED) is 0.426. The van der Waals surface area contributed by atoms with Crippen LogP contribution < -0.4 is 28.6 Å². The first-order valence-corrected chi connectivity index (χ1v) is 13.4. The zero-order valence-electron chi connectivity index (χ0n) is 22.0. The summed E-state index contributed by atoms with van der Waals surface area (Å²) in [5.74, 6) is 0.978. The molecule has 2 amide bonds. The van der Waals surface area contributed by atoms with E-state index in [1.165, 1.54) is 51.4 Å². The lowest BCUT2D eigenvalue weighted by molar-refractivity contribution is -0.122. The van der Waals surface area contributed by atoms with Crippen molar-refractivity contribution in [1.29, 1.82) is 0 Å². The van der Waals surface area contributed by atoms with Gasteiger partial charge in [0.1, 0.15) is 6.04 Å². The molecule has 206 valence electrons. The van der Waals surface area contributed by atoms with Crippen molar-refractivity contribution < 1.29 is 45.9 Å². The number of hydrogen-bond donors (Lipinski definition) is 0. The lowest BCUT2D eigenvalue weighted by Crippen LogP contribution is -2.44. The minimum atomic E-state index is -3.80. The molecular weight excluding hydrogens is 520 g/mol. The number of carbonyl (C=O) groups excluding carboxylic acids is 2. The summed E-state index contributed by atoms with van der Waals surface area (Å²) in [5, 5.41) is 0. The minimum Gasteiger partial charge on any atom is -0.493 e. The van der Waals surface area contributed by atoms with Crippen molar-refractivity contribution in [3.8, 4) is 28.7 Å². The molecule has 0 bridgehead atoms. The van der Waals surface area contributed by atoms with Gasteiger partial charge >= 0.3 is 0 Å². The van der Waals surface area contributed by atoms with Gasteiger partial charge in [-0.2, -0.15) is 8.42 Å². The zero-order valence-corrected chi connectivity index (χ0v) is 22.8. The van der Waals surface area contributed by atoms with Gasteiger partial charge in [0.2, 0.25) is 11.7 Å². The van der Waals surface area contributed by atoms with Crippen LogP contribution in [0.1, 0.15) is 22.3 Å².